The number of likely N-dealkylation sites (tertiary alicyclic amines) is 1. The normalized spacial score (nSPS) is 17.9. The molecule has 1 N–H and O–H groups in total. The number of hydrogen-bond acceptors (Lipinski definition) is 4. The number of hydrogen-bond donors (Lipinski definition) is 1. The molecular formula is C18H26N2O3. The molecule has 2 rings (SSSR count). The highest BCUT2D eigenvalue weighted by Gasteiger charge is 2.26. The van der Waals surface area contributed by atoms with E-state index in [0.29, 0.717) is 6.54 Å². The molecule has 1 atom stereocenters. The van der Waals surface area contributed by atoms with Crippen molar-refractivity contribution < 1.29 is 14.3 Å². The van der Waals surface area contributed by atoms with Crippen LogP contribution < -0.4 is 5.32 Å². The van der Waals surface area contributed by atoms with Crippen LogP contribution in [0.1, 0.15) is 40.0 Å². The summed E-state index contributed by atoms with van der Waals surface area (Å²) in [4.78, 5) is 25.7. The van der Waals surface area contributed by atoms with E-state index in [1.165, 1.54) is 0 Å². The van der Waals surface area contributed by atoms with Crippen LogP contribution in [-0.4, -0.2) is 41.5 Å². The highest BCUT2D eigenvalue weighted by molar-refractivity contribution is 5.81. The second-order valence-electron chi connectivity index (χ2n) is 6.92. The molecule has 1 aliphatic rings. The Kier molecular flexibility index (Phi) is 5.64. The standard InChI is InChI=1S/C18H26N2O3/c1-18(2,3)23-17(22)10-9-16(21)20-12-11-15(13-20)19-14-7-5-4-6-8-14/h4-8,15,19H,9-13H2,1-3H3/t15-/m1/s1. The molecule has 5 nitrogen and oxygen atoms in total. The number of nitrogens with one attached hydrogen (secondary N) is 1. The molecule has 126 valence electrons. The maximum atomic E-state index is 12.2. The van der Waals surface area contributed by atoms with Gasteiger partial charge in [0.1, 0.15) is 5.60 Å². The predicted molar refractivity (Wildman–Crippen MR) is 90.1 cm³/mol. The monoisotopic (exact) mass is 318 g/mol. The molecular weight excluding hydrogens is 292 g/mol. The first-order valence-electron chi connectivity index (χ1n) is 8.15. The number of benzene rings is 1. The van der Waals surface area contributed by atoms with Crippen LogP contribution in [0.5, 0.6) is 0 Å². The Balaban J connectivity index is 1.73. The molecule has 0 aliphatic carbocycles. The minimum absolute atomic E-state index is 0.0215. The van der Waals surface area contributed by atoms with Gasteiger partial charge in [-0.3, -0.25) is 9.59 Å². The number of esters is 1. The fraction of sp³-hybridized carbons (Fsp3) is 0.556. The molecule has 0 radical (unpaired) electrons. The van der Waals surface area contributed by atoms with Crippen LogP contribution in [0.4, 0.5) is 5.69 Å². The van der Waals surface area contributed by atoms with Crippen molar-refractivity contribution in [2.75, 3.05) is 18.4 Å². The largest absolute Gasteiger partial charge is 0.460 e. The predicted octanol–water partition coefficient (Wildman–Crippen LogP) is 2.82. The molecule has 0 spiro atoms. The number of carbonyl (C=O) groups is 2. The summed E-state index contributed by atoms with van der Waals surface area (Å²) in [6.45, 7) is 6.90. The van der Waals surface area contributed by atoms with Crippen molar-refractivity contribution in [2.45, 2.75) is 51.7 Å². The summed E-state index contributed by atoms with van der Waals surface area (Å²) in [6.07, 6.45) is 1.28. The summed E-state index contributed by atoms with van der Waals surface area (Å²) in [5, 5.41) is 3.44. The molecule has 1 amide bonds. The van der Waals surface area contributed by atoms with Crippen molar-refractivity contribution in [3.63, 3.8) is 0 Å². The third-order valence-corrected chi connectivity index (χ3v) is 3.65. The van der Waals surface area contributed by atoms with E-state index in [4.69, 9.17) is 4.74 Å². The van der Waals surface area contributed by atoms with E-state index >= 15 is 0 Å². The second kappa shape index (κ2) is 7.49. The number of para-hydroxylation sites is 1. The summed E-state index contributed by atoms with van der Waals surface area (Å²) < 4.78 is 5.23. The van der Waals surface area contributed by atoms with E-state index < -0.39 is 5.60 Å². The van der Waals surface area contributed by atoms with Crippen molar-refractivity contribution in [1.29, 1.82) is 0 Å². The lowest BCUT2D eigenvalue weighted by atomic mass is 10.2. The average molecular weight is 318 g/mol. The molecule has 0 saturated carbocycles. The molecule has 5 heteroatoms. The zero-order valence-corrected chi connectivity index (χ0v) is 14.2. The van der Waals surface area contributed by atoms with Crippen molar-refractivity contribution in [3.8, 4) is 0 Å². The molecule has 1 aromatic rings. The maximum Gasteiger partial charge on any atom is 0.306 e. The summed E-state index contributed by atoms with van der Waals surface area (Å²) in [7, 11) is 0. The number of amides is 1. The van der Waals surface area contributed by atoms with Crippen molar-refractivity contribution in [3.05, 3.63) is 30.3 Å². The molecule has 0 unspecified atom stereocenters. The highest BCUT2D eigenvalue weighted by atomic mass is 16.6. The van der Waals surface area contributed by atoms with Crippen molar-refractivity contribution in [1.82, 2.24) is 4.90 Å². The van der Waals surface area contributed by atoms with E-state index in [2.05, 4.69) is 5.32 Å². The summed E-state index contributed by atoms with van der Waals surface area (Å²) in [6, 6.07) is 10.3. The van der Waals surface area contributed by atoms with Gasteiger partial charge in [-0.25, -0.2) is 0 Å². The third kappa shape index (κ3) is 5.93. The van der Waals surface area contributed by atoms with E-state index in [0.717, 1.165) is 18.7 Å². The Bertz CT molecular complexity index is 537. The molecule has 23 heavy (non-hydrogen) atoms. The molecule has 1 heterocycles. The van der Waals surface area contributed by atoms with E-state index in [1.807, 2.05) is 56.0 Å². The van der Waals surface area contributed by atoms with Gasteiger partial charge in [-0.1, -0.05) is 18.2 Å². The SMILES string of the molecule is CC(C)(C)OC(=O)CCC(=O)N1CC[C@@H](Nc2ccccc2)C1. The van der Waals surface area contributed by atoms with Gasteiger partial charge in [-0.05, 0) is 39.3 Å². The summed E-state index contributed by atoms with van der Waals surface area (Å²) in [5.41, 5.74) is 0.568. The van der Waals surface area contributed by atoms with Crippen LogP contribution in [0, 0.1) is 0 Å². The Morgan fingerprint density at radius 1 is 1.22 bits per heavy atom. The van der Waals surface area contributed by atoms with Gasteiger partial charge >= 0.3 is 5.97 Å². The molecule has 0 bridgehead atoms. The topological polar surface area (TPSA) is 58.6 Å². The van der Waals surface area contributed by atoms with Gasteiger partial charge < -0.3 is 15.0 Å². The van der Waals surface area contributed by atoms with Gasteiger partial charge in [0.25, 0.3) is 0 Å². The zero-order valence-electron chi connectivity index (χ0n) is 14.2. The Labute approximate surface area is 138 Å². The van der Waals surface area contributed by atoms with E-state index in [1.54, 1.807) is 0 Å². The highest BCUT2D eigenvalue weighted by Crippen LogP contribution is 2.17. The second-order valence-corrected chi connectivity index (χ2v) is 6.92. The molecule has 1 aliphatic heterocycles. The molecule has 1 fully saturated rings. The van der Waals surface area contributed by atoms with Gasteiger partial charge in [0.05, 0.1) is 6.42 Å². The fourth-order valence-corrected chi connectivity index (χ4v) is 2.63. The van der Waals surface area contributed by atoms with Crippen molar-refractivity contribution >= 4 is 17.6 Å². The average Bonchev–Trinajstić information content (AvgIpc) is 2.92. The number of ether oxygens (including phenoxy) is 1. The quantitative estimate of drug-likeness (QED) is 0.848. The van der Waals surface area contributed by atoms with Gasteiger partial charge in [-0.2, -0.15) is 0 Å². The first-order valence-corrected chi connectivity index (χ1v) is 8.15. The van der Waals surface area contributed by atoms with Crippen LogP contribution in [0.15, 0.2) is 30.3 Å². The lowest BCUT2D eigenvalue weighted by Gasteiger charge is -2.20. The maximum absolute atomic E-state index is 12.2. The van der Waals surface area contributed by atoms with Crippen LogP contribution in [0.2, 0.25) is 0 Å². The van der Waals surface area contributed by atoms with Gasteiger partial charge in [0, 0.05) is 31.2 Å². The van der Waals surface area contributed by atoms with E-state index in [9.17, 15) is 9.59 Å². The zero-order chi connectivity index (χ0) is 16.9. The third-order valence-electron chi connectivity index (χ3n) is 3.65. The van der Waals surface area contributed by atoms with Crippen LogP contribution in [-0.2, 0) is 14.3 Å². The minimum atomic E-state index is -0.502. The number of anilines is 1. The summed E-state index contributed by atoms with van der Waals surface area (Å²) >= 11 is 0. The molecule has 0 aromatic heterocycles. The van der Waals surface area contributed by atoms with E-state index in [-0.39, 0.29) is 30.8 Å². The fourth-order valence-electron chi connectivity index (χ4n) is 2.63. The van der Waals surface area contributed by atoms with Crippen LogP contribution >= 0.6 is 0 Å². The van der Waals surface area contributed by atoms with Gasteiger partial charge in [-0.15, -0.1) is 0 Å². The number of rotatable bonds is 5. The number of carbonyl (C=O) groups excluding carboxylic acids is 2. The van der Waals surface area contributed by atoms with Crippen LogP contribution in [0.25, 0.3) is 0 Å². The van der Waals surface area contributed by atoms with Crippen LogP contribution in [0.3, 0.4) is 0 Å². The minimum Gasteiger partial charge on any atom is -0.460 e. The number of nitrogens with zero attached hydrogens (tertiary/aromatic N) is 1. The first kappa shape index (κ1) is 17.3. The van der Waals surface area contributed by atoms with Crippen molar-refractivity contribution in [2.24, 2.45) is 0 Å². The Morgan fingerprint density at radius 2 is 1.91 bits per heavy atom. The molecule has 1 saturated heterocycles. The Morgan fingerprint density at radius 3 is 2.57 bits per heavy atom. The molecule has 1 aromatic carbocycles. The Hall–Kier alpha value is -2.04. The lowest BCUT2D eigenvalue weighted by molar-refractivity contribution is -0.156. The first-order chi connectivity index (χ1) is 10.8. The van der Waals surface area contributed by atoms with Gasteiger partial charge in [0.2, 0.25) is 5.91 Å². The van der Waals surface area contributed by atoms with Gasteiger partial charge in [0.15, 0.2) is 0 Å². The lowest BCUT2D eigenvalue weighted by Crippen LogP contribution is -2.32. The summed E-state index contributed by atoms with van der Waals surface area (Å²) in [5.74, 6) is -0.294. The smallest absolute Gasteiger partial charge is 0.306 e.